The molecule has 0 amide bonds. The van der Waals surface area contributed by atoms with Crippen molar-refractivity contribution in [2.24, 2.45) is 5.73 Å². The summed E-state index contributed by atoms with van der Waals surface area (Å²) in [6.07, 6.45) is 1.60. The molecule has 0 radical (unpaired) electrons. The van der Waals surface area contributed by atoms with Crippen molar-refractivity contribution in [1.82, 2.24) is 4.98 Å². The van der Waals surface area contributed by atoms with Crippen LogP contribution in [0.25, 0.3) is 0 Å². The van der Waals surface area contributed by atoms with Gasteiger partial charge in [0.15, 0.2) is 0 Å². The van der Waals surface area contributed by atoms with Gasteiger partial charge in [0.25, 0.3) is 0 Å². The lowest BCUT2D eigenvalue weighted by atomic mass is 10.2. The number of nitrogen functional groups attached to an aromatic ring is 1. The molecule has 18 heavy (non-hydrogen) atoms. The van der Waals surface area contributed by atoms with Gasteiger partial charge in [-0.1, -0.05) is 23.7 Å². The normalized spacial score (nSPS) is 10.1. The second-order valence-electron chi connectivity index (χ2n) is 3.69. The molecular weight excluding hydrogens is 250 g/mol. The third-order valence-electron chi connectivity index (χ3n) is 2.33. The molecule has 0 aliphatic rings. The lowest BCUT2D eigenvalue weighted by Gasteiger charge is -2.09. The van der Waals surface area contributed by atoms with Crippen molar-refractivity contribution in [3.05, 3.63) is 58.7 Å². The number of amidine groups is 1. The van der Waals surface area contributed by atoms with Crippen LogP contribution in [0.1, 0.15) is 11.1 Å². The highest BCUT2D eigenvalue weighted by molar-refractivity contribution is 6.30. The molecule has 0 saturated heterocycles. The summed E-state index contributed by atoms with van der Waals surface area (Å²) in [5.74, 6) is 0.286. The van der Waals surface area contributed by atoms with E-state index < -0.39 is 0 Å². The number of nitrogens with one attached hydrogen (secondary N) is 1. The largest absolute Gasteiger partial charge is 0.472 e. The van der Waals surface area contributed by atoms with Crippen LogP contribution in [0.5, 0.6) is 5.88 Å². The van der Waals surface area contributed by atoms with Gasteiger partial charge in [-0.3, -0.25) is 5.41 Å². The number of aromatic nitrogens is 1. The minimum absolute atomic E-state index is 0.0656. The zero-order valence-corrected chi connectivity index (χ0v) is 10.3. The molecule has 92 valence electrons. The van der Waals surface area contributed by atoms with E-state index >= 15 is 0 Å². The highest BCUT2D eigenvalue weighted by Gasteiger charge is 2.07. The number of rotatable bonds is 4. The maximum atomic E-state index is 7.43. The fourth-order valence-electron chi connectivity index (χ4n) is 1.49. The summed E-state index contributed by atoms with van der Waals surface area (Å²) >= 11 is 5.88. The van der Waals surface area contributed by atoms with Gasteiger partial charge in [0.2, 0.25) is 5.88 Å². The molecule has 0 fully saturated rings. The van der Waals surface area contributed by atoms with Crippen molar-refractivity contribution in [3.8, 4) is 5.88 Å². The predicted molar refractivity (Wildman–Crippen MR) is 71.0 cm³/mol. The van der Waals surface area contributed by atoms with Crippen LogP contribution in [-0.2, 0) is 6.61 Å². The Bertz CT molecular complexity index is 572. The van der Waals surface area contributed by atoms with Crippen molar-refractivity contribution in [2.75, 3.05) is 0 Å². The van der Waals surface area contributed by atoms with E-state index in [0.717, 1.165) is 5.56 Å². The van der Waals surface area contributed by atoms with Gasteiger partial charge >= 0.3 is 0 Å². The third kappa shape index (κ3) is 2.99. The molecule has 0 aliphatic carbocycles. The number of nitrogens with two attached hydrogens (primary N) is 1. The summed E-state index contributed by atoms with van der Waals surface area (Å²) in [6, 6.07) is 10.8. The standard InChI is InChI=1S/C13H12ClN3O/c14-10-4-1-3-9(7-10)8-18-13-11(12(15)16)5-2-6-17-13/h1-7H,8H2,(H3,15,16). The Morgan fingerprint density at radius 3 is 2.89 bits per heavy atom. The molecule has 0 unspecified atom stereocenters. The summed E-state index contributed by atoms with van der Waals surface area (Å²) < 4.78 is 5.55. The first kappa shape index (κ1) is 12.4. The van der Waals surface area contributed by atoms with E-state index in [2.05, 4.69) is 4.98 Å². The summed E-state index contributed by atoms with van der Waals surface area (Å²) in [6.45, 7) is 0.331. The predicted octanol–water partition coefficient (Wildman–Crippen LogP) is 2.60. The highest BCUT2D eigenvalue weighted by Crippen LogP contribution is 2.16. The van der Waals surface area contributed by atoms with Gasteiger partial charge in [0.05, 0.1) is 5.56 Å². The average Bonchev–Trinajstić information content (AvgIpc) is 2.37. The Hall–Kier alpha value is -2.07. The maximum absolute atomic E-state index is 7.43. The molecule has 0 atom stereocenters. The molecular formula is C13H12ClN3O. The zero-order valence-electron chi connectivity index (χ0n) is 9.56. The molecule has 3 N–H and O–H groups in total. The number of benzene rings is 1. The smallest absolute Gasteiger partial charge is 0.224 e. The Morgan fingerprint density at radius 2 is 2.17 bits per heavy atom. The first-order chi connectivity index (χ1) is 8.66. The van der Waals surface area contributed by atoms with Crippen molar-refractivity contribution in [1.29, 1.82) is 5.41 Å². The highest BCUT2D eigenvalue weighted by atomic mass is 35.5. The fourth-order valence-corrected chi connectivity index (χ4v) is 1.70. The van der Waals surface area contributed by atoms with E-state index in [-0.39, 0.29) is 5.84 Å². The van der Waals surface area contributed by atoms with Gasteiger partial charge in [0, 0.05) is 11.2 Å². The number of halogens is 1. The van der Waals surface area contributed by atoms with Gasteiger partial charge in [-0.05, 0) is 29.8 Å². The minimum atomic E-state index is -0.0656. The first-order valence-corrected chi connectivity index (χ1v) is 5.71. The minimum Gasteiger partial charge on any atom is -0.472 e. The van der Waals surface area contributed by atoms with Crippen molar-refractivity contribution in [3.63, 3.8) is 0 Å². The molecule has 1 aromatic heterocycles. The van der Waals surface area contributed by atoms with E-state index in [0.29, 0.717) is 23.1 Å². The molecule has 4 nitrogen and oxygen atoms in total. The molecule has 2 aromatic rings. The van der Waals surface area contributed by atoms with Crippen LogP contribution in [0.2, 0.25) is 5.02 Å². The molecule has 1 heterocycles. The van der Waals surface area contributed by atoms with Crippen molar-refractivity contribution in [2.45, 2.75) is 6.61 Å². The van der Waals surface area contributed by atoms with Gasteiger partial charge in [-0.25, -0.2) is 4.98 Å². The quantitative estimate of drug-likeness (QED) is 0.656. The monoisotopic (exact) mass is 261 g/mol. The van der Waals surface area contributed by atoms with E-state index in [4.69, 9.17) is 27.5 Å². The summed E-state index contributed by atoms with van der Waals surface area (Å²) in [5.41, 5.74) is 6.87. The van der Waals surface area contributed by atoms with Crippen LogP contribution in [0.4, 0.5) is 0 Å². The van der Waals surface area contributed by atoms with Crippen LogP contribution in [-0.4, -0.2) is 10.8 Å². The number of hydrogen-bond acceptors (Lipinski definition) is 3. The Kier molecular flexibility index (Phi) is 3.79. The van der Waals surface area contributed by atoms with Gasteiger partial charge in [0.1, 0.15) is 12.4 Å². The van der Waals surface area contributed by atoms with Crippen LogP contribution >= 0.6 is 11.6 Å². The number of nitrogens with zero attached hydrogens (tertiary/aromatic N) is 1. The van der Waals surface area contributed by atoms with Crippen LogP contribution in [0, 0.1) is 5.41 Å². The second kappa shape index (κ2) is 5.51. The number of pyridine rings is 1. The summed E-state index contributed by atoms with van der Waals surface area (Å²) in [4.78, 5) is 4.06. The van der Waals surface area contributed by atoms with E-state index in [1.54, 1.807) is 24.4 Å². The Morgan fingerprint density at radius 1 is 1.33 bits per heavy atom. The zero-order chi connectivity index (χ0) is 13.0. The van der Waals surface area contributed by atoms with Gasteiger partial charge < -0.3 is 10.5 Å². The molecule has 2 rings (SSSR count). The van der Waals surface area contributed by atoms with E-state index in [1.165, 1.54) is 0 Å². The number of hydrogen-bond donors (Lipinski definition) is 2. The molecule has 0 saturated carbocycles. The van der Waals surface area contributed by atoms with Crippen molar-refractivity contribution < 1.29 is 4.74 Å². The number of ether oxygens (including phenoxy) is 1. The van der Waals surface area contributed by atoms with Crippen LogP contribution < -0.4 is 10.5 Å². The van der Waals surface area contributed by atoms with Gasteiger partial charge in [-0.2, -0.15) is 0 Å². The summed E-state index contributed by atoms with van der Waals surface area (Å²) in [5, 5.41) is 8.09. The van der Waals surface area contributed by atoms with Crippen LogP contribution in [0.3, 0.4) is 0 Å². The Balaban J connectivity index is 2.13. The van der Waals surface area contributed by atoms with Crippen LogP contribution in [0.15, 0.2) is 42.6 Å². The Labute approximate surface area is 110 Å². The van der Waals surface area contributed by atoms with E-state index in [9.17, 15) is 0 Å². The lowest BCUT2D eigenvalue weighted by molar-refractivity contribution is 0.293. The molecule has 5 heteroatoms. The topological polar surface area (TPSA) is 72.0 Å². The lowest BCUT2D eigenvalue weighted by Crippen LogP contribution is -2.13. The second-order valence-corrected chi connectivity index (χ2v) is 4.12. The maximum Gasteiger partial charge on any atom is 0.224 e. The molecule has 0 aliphatic heterocycles. The summed E-state index contributed by atoms with van der Waals surface area (Å²) in [7, 11) is 0. The SMILES string of the molecule is N=C(N)c1cccnc1OCc1cccc(Cl)c1. The molecule has 0 spiro atoms. The fraction of sp³-hybridized carbons (Fsp3) is 0.0769. The van der Waals surface area contributed by atoms with E-state index in [1.807, 2.05) is 18.2 Å². The third-order valence-corrected chi connectivity index (χ3v) is 2.56. The molecule has 1 aromatic carbocycles. The molecule has 0 bridgehead atoms. The average molecular weight is 262 g/mol. The first-order valence-electron chi connectivity index (χ1n) is 5.33. The van der Waals surface area contributed by atoms with Gasteiger partial charge in [-0.15, -0.1) is 0 Å². The van der Waals surface area contributed by atoms with Crippen molar-refractivity contribution >= 4 is 17.4 Å².